The molecule has 11 atom stereocenters. The summed E-state index contributed by atoms with van der Waals surface area (Å²) in [5.41, 5.74) is 6.45. The summed E-state index contributed by atoms with van der Waals surface area (Å²) in [4.78, 5) is 19.9. The molecule has 6 saturated heterocycles. The standard InChI is InChI=1S/C42H48N4O5/c1-48-29-9-5-7-27-31(29)44-42-24-20-37-13-18-50-30(37)10-15-45(35(37)42)17-12-41(27,42)39(21-24)23-46-16-11-40-26-6-3-4-8-28(26)43-32(40)25(33(47)49-2)22-38(34(40)46)14-19-51-36(38)39/h3-9,24,30,34-36,43-44H,10-23H2,1-2H3/t24-,30-,34-,35-,36+,37+,38-,39-,40-,41-,42-/m0/s1. The van der Waals surface area contributed by atoms with Gasteiger partial charge < -0.3 is 29.6 Å². The fourth-order valence-electron chi connectivity index (χ4n) is 17.0. The molecule has 0 aromatic heterocycles. The molecular weight excluding hydrogens is 640 g/mol. The third kappa shape index (κ3) is 2.73. The van der Waals surface area contributed by atoms with Gasteiger partial charge in [0, 0.05) is 71.4 Å². The van der Waals surface area contributed by atoms with E-state index in [4.69, 9.17) is 18.9 Å². The van der Waals surface area contributed by atoms with Gasteiger partial charge in [0.05, 0.1) is 48.6 Å². The lowest BCUT2D eigenvalue weighted by molar-refractivity contribution is -0.191. The zero-order valence-corrected chi connectivity index (χ0v) is 29.8. The summed E-state index contributed by atoms with van der Waals surface area (Å²) in [7, 11) is 3.40. The molecule has 2 aromatic rings. The average Bonchev–Trinajstić information content (AvgIpc) is 4.01. The molecule has 2 N–H and O–H groups in total. The number of anilines is 2. The van der Waals surface area contributed by atoms with Gasteiger partial charge in [-0.25, -0.2) is 4.79 Å². The summed E-state index contributed by atoms with van der Waals surface area (Å²) in [6, 6.07) is 16.4. The number of carbonyl (C=O) groups excluding carboxylic acids is 1. The Hall–Kier alpha value is -3.11. The molecule has 8 fully saturated rings. The number of hydrogen-bond donors (Lipinski definition) is 2. The van der Waals surface area contributed by atoms with Gasteiger partial charge in [-0.3, -0.25) is 9.80 Å². The monoisotopic (exact) mass is 688 g/mol. The van der Waals surface area contributed by atoms with E-state index in [1.807, 2.05) is 7.11 Å². The number of carbonyl (C=O) groups is 1. The second kappa shape index (κ2) is 8.98. The van der Waals surface area contributed by atoms with Crippen molar-refractivity contribution < 1.29 is 23.7 Å². The van der Waals surface area contributed by atoms with Crippen molar-refractivity contribution in [1.29, 1.82) is 0 Å². The molecule has 266 valence electrons. The van der Waals surface area contributed by atoms with Gasteiger partial charge >= 0.3 is 5.97 Å². The number of para-hydroxylation sites is 2. The van der Waals surface area contributed by atoms with Gasteiger partial charge in [0.2, 0.25) is 0 Å². The van der Waals surface area contributed by atoms with Crippen molar-refractivity contribution in [3.8, 4) is 5.75 Å². The summed E-state index contributed by atoms with van der Waals surface area (Å²) in [6.45, 7) is 5.91. The first kappa shape index (κ1) is 29.4. The molecule has 2 saturated carbocycles. The van der Waals surface area contributed by atoms with Gasteiger partial charge in [-0.15, -0.1) is 0 Å². The lowest BCUT2D eigenvalue weighted by Gasteiger charge is -2.68. The molecule has 8 aliphatic heterocycles. The molecular formula is C42H48N4O5. The van der Waals surface area contributed by atoms with E-state index < -0.39 is 0 Å². The number of nitrogens with one attached hydrogen (secondary N) is 2. The SMILES string of the molecule is COC(=O)C1=C2Nc3ccccc3[C@@]23CCN2C[C@@]4(C[C@@H]5C[C@]67CCO[C@H]6CCN6CC[C@]48c4cccc(OC)c4N[C@]58[C@@H]67)[C@@H]4OCC[C@]4(C1)[C@H]23. The normalized spacial score (nSPS) is 48.5. The van der Waals surface area contributed by atoms with Gasteiger partial charge in [-0.2, -0.15) is 0 Å². The predicted octanol–water partition coefficient (Wildman–Crippen LogP) is 4.82. The van der Waals surface area contributed by atoms with E-state index in [0.717, 1.165) is 94.2 Å². The number of hydrogen-bond acceptors (Lipinski definition) is 9. The van der Waals surface area contributed by atoms with Gasteiger partial charge in [0.15, 0.2) is 0 Å². The highest BCUT2D eigenvalue weighted by atomic mass is 16.5. The Morgan fingerprint density at radius 1 is 0.882 bits per heavy atom. The number of ether oxygens (including phenoxy) is 4. The third-order valence-electron chi connectivity index (χ3n) is 17.7. The number of piperidine rings is 3. The summed E-state index contributed by atoms with van der Waals surface area (Å²) >= 11 is 0. The van der Waals surface area contributed by atoms with Crippen LogP contribution in [0, 0.1) is 22.2 Å². The van der Waals surface area contributed by atoms with E-state index in [1.54, 1.807) is 7.11 Å². The van der Waals surface area contributed by atoms with Crippen molar-refractivity contribution in [3.05, 3.63) is 64.9 Å². The van der Waals surface area contributed by atoms with E-state index >= 15 is 0 Å². The van der Waals surface area contributed by atoms with Crippen LogP contribution >= 0.6 is 0 Å². The minimum absolute atomic E-state index is 0.0262. The molecule has 5 spiro atoms. The summed E-state index contributed by atoms with van der Waals surface area (Å²) in [5.74, 6) is 1.28. The number of nitrogens with zero attached hydrogens (tertiary/aromatic N) is 2. The number of benzene rings is 2. The van der Waals surface area contributed by atoms with Crippen LogP contribution in [0.4, 0.5) is 11.4 Å². The Morgan fingerprint density at radius 2 is 1.73 bits per heavy atom. The maximum Gasteiger partial charge on any atom is 0.335 e. The minimum Gasteiger partial charge on any atom is -0.495 e. The highest BCUT2D eigenvalue weighted by Gasteiger charge is 2.89. The van der Waals surface area contributed by atoms with Crippen LogP contribution < -0.4 is 15.4 Å². The van der Waals surface area contributed by atoms with Gasteiger partial charge in [-0.1, -0.05) is 30.3 Å². The van der Waals surface area contributed by atoms with Crippen LogP contribution in [0.5, 0.6) is 5.75 Å². The second-order valence-electron chi connectivity index (χ2n) is 18.4. The smallest absolute Gasteiger partial charge is 0.335 e. The molecule has 3 aliphatic carbocycles. The van der Waals surface area contributed by atoms with E-state index in [9.17, 15) is 4.79 Å². The first-order valence-corrected chi connectivity index (χ1v) is 19.8. The van der Waals surface area contributed by atoms with Crippen molar-refractivity contribution >= 4 is 17.3 Å². The zero-order valence-electron chi connectivity index (χ0n) is 29.8. The predicted molar refractivity (Wildman–Crippen MR) is 190 cm³/mol. The van der Waals surface area contributed by atoms with Crippen LogP contribution in [0.25, 0.3) is 0 Å². The van der Waals surface area contributed by atoms with E-state index in [-0.39, 0.29) is 50.7 Å². The Labute approximate surface area is 299 Å². The zero-order chi connectivity index (χ0) is 33.8. The molecule has 13 rings (SSSR count). The molecule has 9 heteroatoms. The molecule has 9 nitrogen and oxygen atoms in total. The van der Waals surface area contributed by atoms with Crippen molar-refractivity contribution in [3.63, 3.8) is 0 Å². The molecule has 51 heavy (non-hydrogen) atoms. The molecule has 2 aromatic carbocycles. The molecule has 11 aliphatic rings. The van der Waals surface area contributed by atoms with Crippen LogP contribution in [0.15, 0.2) is 53.7 Å². The summed E-state index contributed by atoms with van der Waals surface area (Å²) in [6.07, 6.45) is 8.85. The lowest BCUT2D eigenvalue weighted by Crippen LogP contribution is -2.79. The van der Waals surface area contributed by atoms with Gasteiger partial charge in [-0.05, 0) is 93.6 Å². The Balaban J connectivity index is 1.08. The molecule has 0 unspecified atom stereocenters. The number of esters is 1. The van der Waals surface area contributed by atoms with Gasteiger partial charge in [0.25, 0.3) is 0 Å². The van der Waals surface area contributed by atoms with Crippen LogP contribution in [0.3, 0.4) is 0 Å². The number of fused-ring (bicyclic) bond motifs is 3. The van der Waals surface area contributed by atoms with Crippen LogP contribution in [-0.2, 0) is 29.8 Å². The summed E-state index contributed by atoms with van der Waals surface area (Å²) < 4.78 is 26.0. The molecule has 0 radical (unpaired) electrons. The second-order valence-corrected chi connectivity index (χ2v) is 18.4. The Morgan fingerprint density at radius 3 is 2.63 bits per heavy atom. The van der Waals surface area contributed by atoms with Crippen LogP contribution in [0.1, 0.15) is 62.5 Å². The number of methoxy groups -OCH3 is 2. The maximum atomic E-state index is 14.1. The highest BCUT2D eigenvalue weighted by molar-refractivity contribution is 5.93. The molecule has 8 heterocycles. The lowest BCUT2D eigenvalue weighted by atomic mass is 9.42. The fraction of sp³-hybridized carbons (Fsp3) is 0.643. The van der Waals surface area contributed by atoms with Crippen molar-refractivity contribution in [2.75, 3.05) is 64.2 Å². The maximum absolute atomic E-state index is 14.1. The third-order valence-corrected chi connectivity index (χ3v) is 17.7. The topological polar surface area (TPSA) is 84.5 Å². The average molecular weight is 689 g/mol. The van der Waals surface area contributed by atoms with E-state index in [0.29, 0.717) is 24.5 Å². The molecule has 0 amide bonds. The Kier molecular flexibility index (Phi) is 5.17. The first-order valence-electron chi connectivity index (χ1n) is 19.8. The largest absolute Gasteiger partial charge is 0.495 e. The molecule has 0 bridgehead atoms. The van der Waals surface area contributed by atoms with Crippen molar-refractivity contribution in [1.82, 2.24) is 9.80 Å². The van der Waals surface area contributed by atoms with Crippen molar-refractivity contribution in [2.24, 2.45) is 22.2 Å². The van der Waals surface area contributed by atoms with Crippen LogP contribution in [-0.4, -0.2) is 99.2 Å². The Bertz CT molecular complexity index is 2000. The fourth-order valence-corrected chi connectivity index (χ4v) is 17.0. The first-order chi connectivity index (χ1) is 24.9. The minimum atomic E-state index is -0.268. The summed E-state index contributed by atoms with van der Waals surface area (Å²) in [5, 5.41) is 8.31. The number of rotatable bonds is 2. The van der Waals surface area contributed by atoms with Crippen molar-refractivity contribution in [2.45, 2.75) is 92.0 Å². The van der Waals surface area contributed by atoms with E-state index in [1.165, 1.54) is 29.7 Å². The highest BCUT2D eigenvalue weighted by Crippen LogP contribution is 2.84. The quantitative estimate of drug-likeness (QED) is 0.432. The van der Waals surface area contributed by atoms with Crippen LogP contribution in [0.2, 0.25) is 0 Å². The van der Waals surface area contributed by atoms with Gasteiger partial charge in [0.1, 0.15) is 5.75 Å². The van der Waals surface area contributed by atoms with E-state index in [2.05, 4.69) is 62.9 Å².